The summed E-state index contributed by atoms with van der Waals surface area (Å²) in [5.41, 5.74) is 1.37. The highest BCUT2D eigenvalue weighted by Crippen LogP contribution is 2.65. The summed E-state index contributed by atoms with van der Waals surface area (Å²) in [6.45, 7) is 0. The first-order chi connectivity index (χ1) is 15.5. The Bertz CT molecular complexity index is 1150. The quantitative estimate of drug-likeness (QED) is 0.563. The van der Waals surface area contributed by atoms with Crippen molar-refractivity contribution in [1.82, 2.24) is 0 Å². The maximum absolute atomic E-state index is 13.2. The highest BCUT2D eigenvalue weighted by Gasteiger charge is 2.67. The lowest BCUT2D eigenvalue weighted by atomic mass is 9.63. The van der Waals surface area contributed by atoms with Gasteiger partial charge in [0.2, 0.25) is 11.8 Å². The Balaban J connectivity index is 1.23. The largest absolute Gasteiger partial charge is 0.495 e. The molecular formula is C25H21ClN2O4. The molecule has 32 heavy (non-hydrogen) atoms. The average Bonchev–Trinajstić information content (AvgIpc) is 3.57. The molecule has 6 atom stereocenters. The number of imide groups is 1. The molecule has 0 spiro atoms. The molecule has 0 aromatic heterocycles. The van der Waals surface area contributed by atoms with E-state index in [2.05, 4.69) is 17.5 Å². The highest BCUT2D eigenvalue weighted by molar-refractivity contribution is 6.31. The minimum atomic E-state index is -0.341. The fraction of sp³-hybridized carbons (Fsp3) is 0.320. The fourth-order valence-corrected chi connectivity index (χ4v) is 6.12. The number of hydrogen-bond donors (Lipinski definition) is 1. The lowest BCUT2D eigenvalue weighted by molar-refractivity contribution is -0.124. The van der Waals surface area contributed by atoms with Crippen LogP contribution < -0.4 is 15.0 Å². The molecule has 6 nitrogen and oxygen atoms in total. The third-order valence-corrected chi connectivity index (χ3v) is 7.70. The first kappa shape index (κ1) is 19.6. The molecule has 0 unspecified atom stereocenters. The Morgan fingerprint density at radius 2 is 1.62 bits per heavy atom. The van der Waals surface area contributed by atoms with E-state index in [1.807, 2.05) is 0 Å². The summed E-state index contributed by atoms with van der Waals surface area (Å²) in [6, 6.07) is 11.5. The van der Waals surface area contributed by atoms with Gasteiger partial charge in [-0.05, 0) is 72.6 Å². The van der Waals surface area contributed by atoms with Gasteiger partial charge in [-0.2, -0.15) is 0 Å². The van der Waals surface area contributed by atoms with Gasteiger partial charge in [0.15, 0.2) is 0 Å². The molecule has 3 fully saturated rings. The van der Waals surface area contributed by atoms with Crippen LogP contribution in [-0.2, 0) is 9.59 Å². The predicted molar refractivity (Wildman–Crippen MR) is 120 cm³/mol. The Labute approximate surface area is 190 Å². The number of nitrogens with one attached hydrogen (secondary N) is 1. The van der Waals surface area contributed by atoms with Crippen LogP contribution in [0.1, 0.15) is 16.8 Å². The second-order valence-corrected chi connectivity index (χ2v) is 9.45. The smallest absolute Gasteiger partial charge is 0.255 e. The number of methoxy groups -OCH3 is 1. The Kier molecular flexibility index (Phi) is 4.24. The summed E-state index contributed by atoms with van der Waals surface area (Å²) < 4.78 is 5.27. The molecule has 4 aliphatic carbocycles. The van der Waals surface area contributed by atoms with Crippen molar-refractivity contribution in [1.29, 1.82) is 0 Å². The van der Waals surface area contributed by atoms with Gasteiger partial charge in [0, 0.05) is 10.6 Å². The minimum absolute atomic E-state index is 0.106. The van der Waals surface area contributed by atoms with Crippen LogP contribution >= 0.6 is 11.6 Å². The number of hydrogen-bond acceptors (Lipinski definition) is 4. The summed E-state index contributed by atoms with van der Waals surface area (Å²) in [6.07, 6.45) is 5.45. The molecule has 3 amide bonds. The molecule has 1 saturated heterocycles. The highest BCUT2D eigenvalue weighted by atomic mass is 35.5. The first-order valence-electron chi connectivity index (χ1n) is 10.8. The van der Waals surface area contributed by atoms with Crippen molar-refractivity contribution < 1.29 is 19.1 Å². The second-order valence-electron chi connectivity index (χ2n) is 9.01. The average molecular weight is 449 g/mol. The zero-order valence-electron chi connectivity index (χ0n) is 17.3. The number of carbonyl (C=O) groups excluding carboxylic acids is 3. The van der Waals surface area contributed by atoms with E-state index in [4.69, 9.17) is 16.3 Å². The van der Waals surface area contributed by atoms with E-state index in [9.17, 15) is 14.4 Å². The van der Waals surface area contributed by atoms with Gasteiger partial charge in [-0.15, -0.1) is 0 Å². The van der Waals surface area contributed by atoms with E-state index >= 15 is 0 Å². The van der Waals surface area contributed by atoms with Gasteiger partial charge in [0.05, 0.1) is 30.3 Å². The molecule has 2 aromatic carbocycles. The molecule has 162 valence electrons. The van der Waals surface area contributed by atoms with E-state index in [0.717, 1.165) is 6.42 Å². The van der Waals surface area contributed by atoms with Crippen molar-refractivity contribution >= 4 is 40.7 Å². The Morgan fingerprint density at radius 1 is 1.00 bits per heavy atom. The summed E-state index contributed by atoms with van der Waals surface area (Å²) in [7, 11) is 1.51. The number of benzene rings is 2. The van der Waals surface area contributed by atoms with E-state index < -0.39 is 0 Å². The lowest BCUT2D eigenvalue weighted by Gasteiger charge is -2.37. The lowest BCUT2D eigenvalue weighted by Crippen LogP contribution is -2.40. The van der Waals surface area contributed by atoms with Crippen LogP contribution in [-0.4, -0.2) is 24.8 Å². The maximum Gasteiger partial charge on any atom is 0.255 e. The standard InChI is InChI=1S/C25H21ClN2O4/c1-32-20-9-4-13(26)10-19(20)27-23(29)12-2-5-14(6-3-12)28-24(30)21-15-7-8-16(18-11-17(15)18)22(21)25(28)31/h2-10,15-18,21-22H,11H2,1H3,(H,27,29)/t15-,16-,17-,18-,21+,22+/m0/s1. The van der Waals surface area contributed by atoms with Crippen molar-refractivity contribution in [3.63, 3.8) is 0 Å². The Hall–Kier alpha value is -3.12. The van der Waals surface area contributed by atoms with Crippen LogP contribution in [0.5, 0.6) is 5.75 Å². The molecule has 2 saturated carbocycles. The summed E-state index contributed by atoms with van der Waals surface area (Å²) in [4.78, 5) is 40.5. The van der Waals surface area contributed by atoms with Crippen LogP contribution in [0.3, 0.4) is 0 Å². The fourth-order valence-electron chi connectivity index (χ4n) is 5.95. The molecule has 2 aromatic rings. The van der Waals surface area contributed by atoms with Crippen molar-refractivity contribution in [2.45, 2.75) is 6.42 Å². The number of halogens is 1. The number of nitrogens with zero attached hydrogens (tertiary/aromatic N) is 1. The van der Waals surface area contributed by atoms with Gasteiger partial charge in [-0.25, -0.2) is 0 Å². The molecule has 1 heterocycles. The summed E-state index contributed by atoms with van der Waals surface area (Å²) in [5, 5.41) is 3.27. The van der Waals surface area contributed by atoms with Crippen molar-refractivity contribution in [2.75, 3.05) is 17.3 Å². The van der Waals surface area contributed by atoms with Crippen LogP contribution in [0, 0.1) is 35.5 Å². The number of amides is 3. The van der Waals surface area contributed by atoms with Crippen molar-refractivity contribution in [3.05, 3.63) is 65.2 Å². The topological polar surface area (TPSA) is 75.7 Å². The predicted octanol–water partition coefficient (Wildman–Crippen LogP) is 4.16. The number of anilines is 2. The SMILES string of the molecule is COc1ccc(Cl)cc1NC(=O)c1ccc(N2C(=O)[C@@H]3[C@H]4C=C[C@@H]([C@@H]5C[C@@H]45)[C@H]3C2=O)cc1. The molecule has 7 heteroatoms. The summed E-state index contributed by atoms with van der Waals surface area (Å²) in [5.74, 6) is 0.984. The van der Waals surface area contributed by atoms with Gasteiger partial charge in [-0.1, -0.05) is 23.8 Å². The first-order valence-corrected chi connectivity index (χ1v) is 11.2. The normalized spacial score (nSPS) is 31.4. The van der Waals surface area contributed by atoms with E-state index in [0.29, 0.717) is 39.5 Å². The van der Waals surface area contributed by atoms with E-state index in [1.54, 1.807) is 42.5 Å². The molecule has 7 rings (SSSR count). The zero-order chi connectivity index (χ0) is 22.1. The molecule has 0 radical (unpaired) electrons. The number of carbonyl (C=O) groups is 3. The van der Waals surface area contributed by atoms with Gasteiger partial charge < -0.3 is 10.1 Å². The van der Waals surface area contributed by atoms with Crippen molar-refractivity contribution in [3.8, 4) is 5.75 Å². The third-order valence-electron chi connectivity index (χ3n) is 7.46. The van der Waals surface area contributed by atoms with Gasteiger partial charge in [0.1, 0.15) is 5.75 Å². The zero-order valence-corrected chi connectivity index (χ0v) is 18.1. The van der Waals surface area contributed by atoms with Gasteiger partial charge in [-0.3, -0.25) is 19.3 Å². The van der Waals surface area contributed by atoms with Crippen molar-refractivity contribution in [2.24, 2.45) is 35.5 Å². The van der Waals surface area contributed by atoms with Gasteiger partial charge in [0.25, 0.3) is 5.91 Å². The van der Waals surface area contributed by atoms with E-state index in [1.165, 1.54) is 12.0 Å². The monoisotopic (exact) mass is 448 g/mol. The molecular weight excluding hydrogens is 428 g/mol. The number of allylic oxidation sites excluding steroid dienone is 2. The van der Waals surface area contributed by atoms with Crippen LogP contribution in [0.25, 0.3) is 0 Å². The maximum atomic E-state index is 13.2. The van der Waals surface area contributed by atoms with Gasteiger partial charge >= 0.3 is 0 Å². The Morgan fingerprint density at radius 3 is 2.22 bits per heavy atom. The summed E-state index contributed by atoms with van der Waals surface area (Å²) >= 11 is 6.03. The molecule has 1 aliphatic heterocycles. The molecule has 1 N–H and O–H groups in total. The third kappa shape index (κ3) is 2.75. The van der Waals surface area contributed by atoms with Crippen LogP contribution in [0.4, 0.5) is 11.4 Å². The molecule has 5 aliphatic rings. The van der Waals surface area contributed by atoms with Crippen LogP contribution in [0.2, 0.25) is 5.02 Å². The molecule has 2 bridgehead atoms. The minimum Gasteiger partial charge on any atom is -0.495 e. The number of rotatable bonds is 4. The van der Waals surface area contributed by atoms with E-state index in [-0.39, 0.29) is 41.4 Å². The van der Waals surface area contributed by atoms with Crippen LogP contribution in [0.15, 0.2) is 54.6 Å². The second kappa shape index (κ2) is 6.94. The number of ether oxygens (including phenoxy) is 1.